The molecule has 0 spiro atoms. The SMILES string of the molecule is CCc1cc(-c2oncc2-c2ccc(OC)cc2)cc(OCc2ccccc2)c1OC. The number of benzene rings is 3. The molecule has 0 bridgehead atoms. The van der Waals surface area contributed by atoms with Gasteiger partial charge in [0.05, 0.1) is 20.4 Å². The monoisotopic (exact) mass is 415 g/mol. The van der Waals surface area contributed by atoms with Gasteiger partial charge in [0.25, 0.3) is 0 Å². The van der Waals surface area contributed by atoms with Crippen molar-refractivity contribution in [3.8, 4) is 39.7 Å². The lowest BCUT2D eigenvalue weighted by molar-refractivity contribution is 0.283. The first-order valence-electron chi connectivity index (χ1n) is 10.2. The summed E-state index contributed by atoms with van der Waals surface area (Å²) in [6.45, 7) is 2.54. The fourth-order valence-electron chi connectivity index (χ4n) is 3.55. The van der Waals surface area contributed by atoms with Gasteiger partial charge in [0, 0.05) is 11.1 Å². The molecule has 0 atom stereocenters. The molecule has 0 radical (unpaired) electrons. The molecule has 0 fully saturated rings. The van der Waals surface area contributed by atoms with E-state index in [2.05, 4.69) is 18.1 Å². The van der Waals surface area contributed by atoms with E-state index in [1.165, 1.54) is 0 Å². The second-order valence-corrected chi connectivity index (χ2v) is 7.09. The Morgan fingerprint density at radius 2 is 1.65 bits per heavy atom. The van der Waals surface area contributed by atoms with E-state index in [-0.39, 0.29) is 0 Å². The van der Waals surface area contributed by atoms with E-state index in [0.717, 1.165) is 45.7 Å². The number of aromatic nitrogens is 1. The van der Waals surface area contributed by atoms with Gasteiger partial charge >= 0.3 is 0 Å². The highest BCUT2D eigenvalue weighted by molar-refractivity contribution is 5.80. The van der Waals surface area contributed by atoms with Gasteiger partial charge in [-0.2, -0.15) is 0 Å². The van der Waals surface area contributed by atoms with Crippen LogP contribution in [0.3, 0.4) is 0 Å². The molecule has 4 aromatic rings. The van der Waals surface area contributed by atoms with Crippen LogP contribution in [-0.2, 0) is 13.0 Å². The lowest BCUT2D eigenvalue weighted by Crippen LogP contribution is -2.00. The molecule has 0 unspecified atom stereocenters. The molecule has 5 nitrogen and oxygen atoms in total. The summed E-state index contributed by atoms with van der Waals surface area (Å²) >= 11 is 0. The van der Waals surface area contributed by atoms with E-state index < -0.39 is 0 Å². The maximum Gasteiger partial charge on any atom is 0.174 e. The summed E-state index contributed by atoms with van der Waals surface area (Å²) < 4.78 is 22.8. The highest BCUT2D eigenvalue weighted by atomic mass is 16.5. The van der Waals surface area contributed by atoms with Crippen molar-refractivity contribution in [1.82, 2.24) is 5.16 Å². The Bertz CT molecular complexity index is 1130. The maximum absolute atomic E-state index is 6.17. The molecule has 3 aromatic carbocycles. The minimum atomic E-state index is 0.450. The van der Waals surface area contributed by atoms with E-state index in [1.807, 2.05) is 60.7 Å². The zero-order valence-electron chi connectivity index (χ0n) is 17.9. The predicted octanol–water partition coefficient (Wildman–Crippen LogP) is 6.17. The van der Waals surface area contributed by atoms with Crippen molar-refractivity contribution in [2.24, 2.45) is 0 Å². The van der Waals surface area contributed by atoms with Gasteiger partial charge in [-0.3, -0.25) is 0 Å². The van der Waals surface area contributed by atoms with Gasteiger partial charge in [0.2, 0.25) is 0 Å². The predicted molar refractivity (Wildman–Crippen MR) is 121 cm³/mol. The van der Waals surface area contributed by atoms with Gasteiger partial charge in [0.1, 0.15) is 12.4 Å². The molecule has 0 saturated carbocycles. The Morgan fingerprint density at radius 1 is 0.871 bits per heavy atom. The number of ether oxygens (including phenoxy) is 3. The quantitative estimate of drug-likeness (QED) is 0.345. The highest BCUT2D eigenvalue weighted by Crippen LogP contribution is 2.40. The summed E-state index contributed by atoms with van der Waals surface area (Å²) in [5.41, 5.74) is 4.93. The van der Waals surface area contributed by atoms with E-state index in [0.29, 0.717) is 18.1 Å². The highest BCUT2D eigenvalue weighted by Gasteiger charge is 2.19. The Hall–Kier alpha value is -3.73. The van der Waals surface area contributed by atoms with Crippen molar-refractivity contribution in [1.29, 1.82) is 0 Å². The van der Waals surface area contributed by atoms with Gasteiger partial charge in [-0.1, -0.05) is 54.5 Å². The Kier molecular flexibility index (Phi) is 6.22. The van der Waals surface area contributed by atoms with Crippen LogP contribution in [0.5, 0.6) is 17.2 Å². The second kappa shape index (κ2) is 9.39. The molecule has 4 rings (SSSR count). The van der Waals surface area contributed by atoms with Crippen LogP contribution in [0.15, 0.2) is 77.4 Å². The van der Waals surface area contributed by atoms with Gasteiger partial charge in [0.15, 0.2) is 17.3 Å². The van der Waals surface area contributed by atoms with Crippen LogP contribution in [0, 0.1) is 0 Å². The lowest BCUT2D eigenvalue weighted by atomic mass is 9.99. The third-order valence-corrected chi connectivity index (χ3v) is 5.19. The molecule has 1 aromatic heterocycles. The summed E-state index contributed by atoms with van der Waals surface area (Å²) in [5.74, 6) is 2.91. The first kappa shape index (κ1) is 20.5. The smallest absolute Gasteiger partial charge is 0.174 e. The van der Waals surface area contributed by atoms with Crippen LogP contribution in [0.2, 0.25) is 0 Å². The topological polar surface area (TPSA) is 53.7 Å². The van der Waals surface area contributed by atoms with Gasteiger partial charge in [-0.15, -0.1) is 0 Å². The van der Waals surface area contributed by atoms with E-state index in [9.17, 15) is 0 Å². The molecule has 0 amide bonds. The Labute approximate surface area is 182 Å². The van der Waals surface area contributed by atoms with Crippen molar-refractivity contribution in [2.75, 3.05) is 14.2 Å². The molecule has 31 heavy (non-hydrogen) atoms. The van der Waals surface area contributed by atoms with Crippen LogP contribution < -0.4 is 14.2 Å². The van der Waals surface area contributed by atoms with Crippen LogP contribution in [0.4, 0.5) is 0 Å². The van der Waals surface area contributed by atoms with Crippen molar-refractivity contribution < 1.29 is 18.7 Å². The number of hydrogen-bond donors (Lipinski definition) is 0. The van der Waals surface area contributed by atoms with Crippen molar-refractivity contribution in [2.45, 2.75) is 20.0 Å². The van der Waals surface area contributed by atoms with Crippen LogP contribution >= 0.6 is 0 Å². The standard InChI is InChI=1S/C26H25NO4/c1-4-19-14-21(15-24(26(19)29-3)30-17-18-8-6-5-7-9-18)25-23(16-27-31-25)20-10-12-22(28-2)13-11-20/h5-16H,4,17H2,1-3H3. The molecule has 0 N–H and O–H groups in total. The number of hydrogen-bond acceptors (Lipinski definition) is 5. The normalized spacial score (nSPS) is 10.7. The van der Waals surface area contributed by atoms with E-state index in [1.54, 1.807) is 20.4 Å². The second-order valence-electron chi connectivity index (χ2n) is 7.09. The number of rotatable bonds is 8. The van der Waals surface area contributed by atoms with Gasteiger partial charge in [-0.25, -0.2) is 0 Å². The summed E-state index contributed by atoms with van der Waals surface area (Å²) in [7, 11) is 3.32. The first-order chi connectivity index (χ1) is 15.2. The molecule has 5 heteroatoms. The molecular formula is C26H25NO4. The summed E-state index contributed by atoms with van der Waals surface area (Å²) in [4.78, 5) is 0. The molecule has 0 saturated heterocycles. The molecule has 0 aliphatic carbocycles. The van der Waals surface area contributed by atoms with Crippen molar-refractivity contribution in [3.63, 3.8) is 0 Å². The van der Waals surface area contributed by atoms with E-state index in [4.69, 9.17) is 18.7 Å². The number of nitrogens with zero attached hydrogens (tertiary/aromatic N) is 1. The zero-order valence-corrected chi connectivity index (χ0v) is 17.9. The molecule has 1 heterocycles. The summed E-state index contributed by atoms with van der Waals surface area (Å²) in [6, 6.07) is 21.9. The van der Waals surface area contributed by atoms with Crippen LogP contribution in [0.25, 0.3) is 22.5 Å². The van der Waals surface area contributed by atoms with Crippen LogP contribution in [0.1, 0.15) is 18.1 Å². The molecular weight excluding hydrogens is 390 g/mol. The third kappa shape index (κ3) is 4.40. The minimum absolute atomic E-state index is 0.450. The molecule has 0 aliphatic heterocycles. The third-order valence-electron chi connectivity index (χ3n) is 5.19. The molecule has 158 valence electrons. The fourth-order valence-corrected chi connectivity index (χ4v) is 3.55. The average Bonchev–Trinajstić information content (AvgIpc) is 3.32. The minimum Gasteiger partial charge on any atom is -0.497 e. The maximum atomic E-state index is 6.17. The lowest BCUT2D eigenvalue weighted by Gasteiger charge is -2.16. The Morgan fingerprint density at radius 3 is 2.32 bits per heavy atom. The Balaban J connectivity index is 1.73. The average molecular weight is 415 g/mol. The number of aryl methyl sites for hydroxylation is 1. The van der Waals surface area contributed by atoms with Crippen molar-refractivity contribution >= 4 is 0 Å². The zero-order chi connectivity index (χ0) is 21.6. The molecule has 0 aliphatic rings. The summed E-state index contributed by atoms with van der Waals surface area (Å²) in [5, 5.41) is 4.06. The summed E-state index contributed by atoms with van der Waals surface area (Å²) in [6.07, 6.45) is 2.53. The fraction of sp³-hybridized carbons (Fsp3) is 0.192. The van der Waals surface area contributed by atoms with Gasteiger partial charge in [-0.05, 0) is 47.4 Å². The first-order valence-corrected chi connectivity index (χ1v) is 10.2. The van der Waals surface area contributed by atoms with Crippen LogP contribution in [-0.4, -0.2) is 19.4 Å². The van der Waals surface area contributed by atoms with E-state index >= 15 is 0 Å². The van der Waals surface area contributed by atoms with Gasteiger partial charge < -0.3 is 18.7 Å². The number of methoxy groups -OCH3 is 2. The largest absolute Gasteiger partial charge is 0.497 e. The van der Waals surface area contributed by atoms with Crippen molar-refractivity contribution in [3.05, 3.63) is 84.1 Å².